The maximum absolute atomic E-state index is 11.2. The Kier molecular flexibility index (Phi) is 6.00. The van der Waals surface area contributed by atoms with Gasteiger partial charge in [0.1, 0.15) is 5.75 Å². The fourth-order valence-electron chi connectivity index (χ4n) is 2.16. The third kappa shape index (κ3) is 4.74. The van der Waals surface area contributed by atoms with E-state index in [2.05, 4.69) is 4.98 Å². The Morgan fingerprint density at radius 1 is 1.14 bits per heavy atom. The Balaban J connectivity index is 1.72. The van der Waals surface area contributed by atoms with Crippen molar-refractivity contribution in [3.8, 4) is 5.75 Å². The quantitative estimate of drug-likeness (QED) is 0.548. The maximum atomic E-state index is 11.2. The third-order valence-corrected chi connectivity index (χ3v) is 3.19. The molecule has 0 unspecified atom stereocenters. The number of carbonyl (C=O) groups is 1. The summed E-state index contributed by atoms with van der Waals surface area (Å²) in [6.45, 7) is 2.93. The average molecular weight is 287 g/mol. The number of unbranched alkanes of at least 4 members (excludes halogenated alkanes) is 2. The number of hydrogen-bond donors (Lipinski definition) is 0. The second-order valence-corrected chi connectivity index (χ2v) is 4.79. The first-order valence-electron chi connectivity index (χ1n) is 7.43. The molecule has 1 heterocycles. The number of benzene rings is 1. The highest BCUT2D eigenvalue weighted by molar-refractivity contribution is 5.84. The lowest BCUT2D eigenvalue weighted by molar-refractivity contribution is -0.143. The van der Waals surface area contributed by atoms with Crippen molar-refractivity contribution >= 4 is 16.9 Å². The van der Waals surface area contributed by atoms with E-state index in [4.69, 9.17) is 9.47 Å². The fraction of sp³-hybridized carbons (Fsp3) is 0.412. The van der Waals surface area contributed by atoms with E-state index in [0.29, 0.717) is 19.6 Å². The van der Waals surface area contributed by atoms with Crippen LogP contribution < -0.4 is 4.74 Å². The summed E-state index contributed by atoms with van der Waals surface area (Å²) in [6, 6.07) is 9.81. The smallest absolute Gasteiger partial charge is 0.305 e. The monoisotopic (exact) mass is 287 g/mol. The van der Waals surface area contributed by atoms with E-state index < -0.39 is 0 Å². The van der Waals surface area contributed by atoms with Crippen LogP contribution in [0.15, 0.2) is 36.5 Å². The minimum absolute atomic E-state index is 0.112. The Hall–Kier alpha value is -2.10. The molecule has 1 aromatic heterocycles. The van der Waals surface area contributed by atoms with Gasteiger partial charge in [-0.05, 0) is 50.5 Å². The molecule has 1 aromatic carbocycles. The van der Waals surface area contributed by atoms with Gasteiger partial charge < -0.3 is 9.47 Å². The summed E-state index contributed by atoms with van der Waals surface area (Å²) < 4.78 is 10.7. The molecular weight excluding hydrogens is 266 g/mol. The maximum Gasteiger partial charge on any atom is 0.305 e. The molecule has 0 bridgehead atoms. The topological polar surface area (TPSA) is 48.4 Å². The molecule has 0 aliphatic heterocycles. The average Bonchev–Trinajstić information content (AvgIpc) is 2.51. The zero-order chi connectivity index (χ0) is 14.9. The predicted molar refractivity (Wildman–Crippen MR) is 82.3 cm³/mol. The number of carbonyl (C=O) groups excluding carboxylic acids is 1. The molecule has 0 aliphatic carbocycles. The van der Waals surface area contributed by atoms with Gasteiger partial charge in [0.05, 0.1) is 18.7 Å². The number of aromatic nitrogens is 1. The van der Waals surface area contributed by atoms with Gasteiger partial charge in [0, 0.05) is 18.0 Å². The number of ether oxygens (including phenoxy) is 2. The lowest BCUT2D eigenvalue weighted by Crippen LogP contribution is -2.04. The largest absolute Gasteiger partial charge is 0.493 e. The lowest BCUT2D eigenvalue weighted by Gasteiger charge is -2.08. The SMILES string of the molecule is CCOC(=O)CCCCCOc1cccc2ncccc12. The normalized spacial score (nSPS) is 10.5. The highest BCUT2D eigenvalue weighted by Crippen LogP contribution is 2.23. The second kappa shape index (κ2) is 8.25. The van der Waals surface area contributed by atoms with Crippen LogP contribution in [-0.2, 0) is 9.53 Å². The first kappa shape index (κ1) is 15.3. The van der Waals surface area contributed by atoms with Crippen LogP contribution >= 0.6 is 0 Å². The summed E-state index contributed by atoms with van der Waals surface area (Å²) in [5, 5.41) is 1.03. The van der Waals surface area contributed by atoms with E-state index in [-0.39, 0.29) is 5.97 Å². The lowest BCUT2D eigenvalue weighted by atomic mass is 10.2. The molecular formula is C17H21NO3. The highest BCUT2D eigenvalue weighted by atomic mass is 16.5. The first-order valence-corrected chi connectivity index (χ1v) is 7.43. The van der Waals surface area contributed by atoms with Crippen molar-refractivity contribution in [3.05, 3.63) is 36.5 Å². The number of fused-ring (bicyclic) bond motifs is 1. The van der Waals surface area contributed by atoms with Crippen molar-refractivity contribution in [1.82, 2.24) is 4.98 Å². The minimum Gasteiger partial charge on any atom is -0.493 e. The molecule has 2 aromatic rings. The van der Waals surface area contributed by atoms with Gasteiger partial charge in [0.2, 0.25) is 0 Å². The van der Waals surface area contributed by atoms with Gasteiger partial charge in [-0.1, -0.05) is 6.07 Å². The van der Waals surface area contributed by atoms with Crippen molar-refractivity contribution in [2.45, 2.75) is 32.6 Å². The number of nitrogens with zero attached hydrogens (tertiary/aromatic N) is 1. The molecule has 4 nitrogen and oxygen atoms in total. The zero-order valence-corrected chi connectivity index (χ0v) is 12.4. The Morgan fingerprint density at radius 3 is 2.90 bits per heavy atom. The van der Waals surface area contributed by atoms with Crippen LogP contribution in [0.4, 0.5) is 0 Å². The number of pyridine rings is 1. The van der Waals surface area contributed by atoms with E-state index in [9.17, 15) is 4.79 Å². The van der Waals surface area contributed by atoms with Crippen molar-refractivity contribution in [2.24, 2.45) is 0 Å². The van der Waals surface area contributed by atoms with Gasteiger partial charge in [0.25, 0.3) is 0 Å². The number of esters is 1. The summed E-state index contributed by atoms with van der Waals surface area (Å²) in [6.07, 6.45) is 5.00. The molecule has 112 valence electrons. The van der Waals surface area contributed by atoms with Crippen LogP contribution in [0, 0.1) is 0 Å². The van der Waals surface area contributed by atoms with Gasteiger partial charge in [-0.2, -0.15) is 0 Å². The van der Waals surface area contributed by atoms with Gasteiger partial charge in [0.15, 0.2) is 0 Å². The molecule has 2 rings (SSSR count). The number of hydrogen-bond acceptors (Lipinski definition) is 4. The van der Waals surface area contributed by atoms with Crippen LogP contribution in [0.5, 0.6) is 5.75 Å². The van der Waals surface area contributed by atoms with Crippen molar-refractivity contribution in [1.29, 1.82) is 0 Å². The molecule has 0 amide bonds. The summed E-state index contributed by atoms with van der Waals surface area (Å²) >= 11 is 0. The van der Waals surface area contributed by atoms with Crippen molar-refractivity contribution in [2.75, 3.05) is 13.2 Å². The molecule has 4 heteroatoms. The molecule has 21 heavy (non-hydrogen) atoms. The highest BCUT2D eigenvalue weighted by Gasteiger charge is 2.03. The zero-order valence-electron chi connectivity index (χ0n) is 12.4. The van der Waals surface area contributed by atoms with E-state index in [1.54, 1.807) is 6.20 Å². The summed E-state index contributed by atoms with van der Waals surface area (Å²) in [4.78, 5) is 15.5. The molecule has 0 spiro atoms. The van der Waals surface area contributed by atoms with E-state index >= 15 is 0 Å². The Bertz CT molecular complexity index is 578. The van der Waals surface area contributed by atoms with Crippen LogP contribution in [0.1, 0.15) is 32.6 Å². The van der Waals surface area contributed by atoms with Gasteiger partial charge in [-0.3, -0.25) is 9.78 Å². The summed E-state index contributed by atoms with van der Waals surface area (Å²) in [5.41, 5.74) is 0.942. The fourth-order valence-corrected chi connectivity index (χ4v) is 2.16. The Morgan fingerprint density at radius 2 is 2.05 bits per heavy atom. The second-order valence-electron chi connectivity index (χ2n) is 4.79. The molecule has 0 aliphatic rings. The van der Waals surface area contributed by atoms with Gasteiger partial charge in [-0.25, -0.2) is 0 Å². The molecule has 0 saturated carbocycles. The standard InChI is InChI=1S/C17H21NO3/c1-2-20-17(19)11-4-3-5-13-21-16-10-6-9-15-14(16)8-7-12-18-15/h6-10,12H,2-5,11,13H2,1H3. The predicted octanol–water partition coefficient (Wildman–Crippen LogP) is 3.74. The van der Waals surface area contributed by atoms with E-state index in [0.717, 1.165) is 35.9 Å². The van der Waals surface area contributed by atoms with Gasteiger partial charge in [-0.15, -0.1) is 0 Å². The van der Waals surface area contributed by atoms with Crippen LogP contribution in [-0.4, -0.2) is 24.2 Å². The summed E-state index contributed by atoms with van der Waals surface area (Å²) in [7, 11) is 0. The Labute approximate surface area is 125 Å². The molecule has 0 atom stereocenters. The molecule has 0 radical (unpaired) electrons. The van der Waals surface area contributed by atoms with Crippen LogP contribution in [0.3, 0.4) is 0 Å². The van der Waals surface area contributed by atoms with E-state index in [1.807, 2.05) is 37.3 Å². The van der Waals surface area contributed by atoms with E-state index in [1.165, 1.54) is 0 Å². The molecule has 0 saturated heterocycles. The van der Waals surface area contributed by atoms with Gasteiger partial charge >= 0.3 is 5.97 Å². The molecule has 0 fully saturated rings. The number of rotatable bonds is 8. The summed E-state index contributed by atoms with van der Waals surface area (Å²) in [5.74, 6) is 0.754. The van der Waals surface area contributed by atoms with Crippen LogP contribution in [0.25, 0.3) is 10.9 Å². The van der Waals surface area contributed by atoms with Crippen LogP contribution in [0.2, 0.25) is 0 Å². The molecule has 0 N–H and O–H groups in total. The van der Waals surface area contributed by atoms with Crippen molar-refractivity contribution < 1.29 is 14.3 Å². The first-order chi connectivity index (χ1) is 10.3. The van der Waals surface area contributed by atoms with Crippen molar-refractivity contribution in [3.63, 3.8) is 0 Å². The third-order valence-electron chi connectivity index (χ3n) is 3.19. The minimum atomic E-state index is -0.112.